The van der Waals surface area contributed by atoms with Gasteiger partial charge in [-0.05, 0) is 12.3 Å². The number of carbonyl (C=O) groups is 1. The molecular weight excluding hydrogens is 172 g/mol. The smallest absolute Gasteiger partial charge is 0.176 e. The summed E-state index contributed by atoms with van der Waals surface area (Å²) in [4.78, 5) is 15.2. The molecule has 0 radical (unpaired) electrons. The monoisotopic (exact) mass is 182 g/mol. The van der Waals surface area contributed by atoms with Gasteiger partial charge in [0.25, 0.3) is 0 Å². The van der Waals surface area contributed by atoms with E-state index in [1.807, 2.05) is 6.26 Å². The van der Waals surface area contributed by atoms with Crippen LogP contribution in [-0.2, 0) is 0 Å². The van der Waals surface area contributed by atoms with Crippen LogP contribution in [0.3, 0.4) is 0 Å². The SMILES string of the molecule is CSCC(=O)c1cnccc1N. The number of pyridine rings is 1. The van der Waals surface area contributed by atoms with E-state index in [9.17, 15) is 4.79 Å². The maximum Gasteiger partial charge on any atom is 0.176 e. The summed E-state index contributed by atoms with van der Waals surface area (Å²) in [6.07, 6.45) is 4.96. The first kappa shape index (κ1) is 9.06. The fourth-order valence-corrected chi connectivity index (χ4v) is 1.26. The summed E-state index contributed by atoms with van der Waals surface area (Å²) >= 11 is 1.48. The molecular formula is C8H10N2OS. The molecule has 1 rings (SSSR count). The predicted molar refractivity (Wildman–Crippen MR) is 51.4 cm³/mol. The van der Waals surface area contributed by atoms with Crippen molar-refractivity contribution in [3.63, 3.8) is 0 Å². The average molecular weight is 182 g/mol. The second-order valence-corrected chi connectivity index (χ2v) is 3.19. The molecule has 3 nitrogen and oxygen atoms in total. The number of nitrogen functional groups attached to an aromatic ring is 1. The Hall–Kier alpha value is -1.03. The molecule has 0 aliphatic carbocycles. The van der Waals surface area contributed by atoms with Crippen LogP contribution in [0.2, 0.25) is 0 Å². The number of ketones is 1. The Morgan fingerprint density at radius 3 is 3.08 bits per heavy atom. The van der Waals surface area contributed by atoms with Gasteiger partial charge >= 0.3 is 0 Å². The number of Topliss-reactive ketones (excluding diaryl/α,β-unsaturated/α-hetero) is 1. The van der Waals surface area contributed by atoms with Gasteiger partial charge in [-0.3, -0.25) is 9.78 Å². The average Bonchev–Trinajstić information content (AvgIpc) is 2.05. The number of nitrogens with zero attached hydrogens (tertiary/aromatic N) is 1. The first-order valence-corrected chi connectivity index (χ1v) is 4.86. The number of aromatic nitrogens is 1. The van der Waals surface area contributed by atoms with Gasteiger partial charge in [-0.2, -0.15) is 11.8 Å². The number of hydrogen-bond donors (Lipinski definition) is 1. The van der Waals surface area contributed by atoms with E-state index in [0.717, 1.165) is 0 Å². The summed E-state index contributed by atoms with van der Waals surface area (Å²) < 4.78 is 0. The second-order valence-electron chi connectivity index (χ2n) is 2.32. The highest BCUT2D eigenvalue weighted by molar-refractivity contribution is 7.99. The summed E-state index contributed by atoms with van der Waals surface area (Å²) in [5.74, 6) is 0.490. The Balaban J connectivity index is 2.87. The fourth-order valence-electron chi connectivity index (χ4n) is 0.847. The molecule has 0 unspecified atom stereocenters. The molecule has 0 aromatic carbocycles. The van der Waals surface area contributed by atoms with Crippen LogP contribution in [0, 0.1) is 0 Å². The summed E-state index contributed by atoms with van der Waals surface area (Å²) in [6, 6.07) is 1.63. The van der Waals surface area contributed by atoms with Crippen molar-refractivity contribution < 1.29 is 4.79 Å². The molecule has 0 amide bonds. The van der Waals surface area contributed by atoms with E-state index in [-0.39, 0.29) is 5.78 Å². The van der Waals surface area contributed by atoms with Gasteiger partial charge in [0.1, 0.15) is 0 Å². The lowest BCUT2D eigenvalue weighted by Crippen LogP contribution is -2.06. The molecule has 4 heteroatoms. The van der Waals surface area contributed by atoms with Crippen LogP contribution in [0.25, 0.3) is 0 Å². The topological polar surface area (TPSA) is 56.0 Å². The Morgan fingerprint density at radius 1 is 1.75 bits per heavy atom. The Kier molecular flexibility index (Phi) is 3.10. The fraction of sp³-hybridized carbons (Fsp3) is 0.250. The normalized spacial score (nSPS) is 9.75. The van der Waals surface area contributed by atoms with Gasteiger partial charge in [-0.15, -0.1) is 0 Å². The van der Waals surface area contributed by atoms with Crippen LogP contribution in [0.15, 0.2) is 18.5 Å². The minimum atomic E-state index is 0.0353. The van der Waals surface area contributed by atoms with Crippen molar-refractivity contribution in [2.75, 3.05) is 17.7 Å². The van der Waals surface area contributed by atoms with Gasteiger partial charge in [0.2, 0.25) is 0 Å². The van der Waals surface area contributed by atoms with Crippen LogP contribution in [-0.4, -0.2) is 22.8 Å². The molecule has 0 atom stereocenters. The van der Waals surface area contributed by atoms with Crippen LogP contribution in [0.5, 0.6) is 0 Å². The number of carbonyl (C=O) groups excluding carboxylic acids is 1. The standard InChI is InChI=1S/C8H10N2OS/c1-12-5-8(11)6-4-10-3-2-7(6)9/h2-4H,5H2,1H3,(H2,9,10). The lowest BCUT2D eigenvalue weighted by molar-refractivity contribution is 0.102. The largest absolute Gasteiger partial charge is 0.398 e. The molecule has 0 aliphatic heterocycles. The highest BCUT2D eigenvalue weighted by Gasteiger charge is 2.07. The van der Waals surface area contributed by atoms with Gasteiger partial charge in [-0.25, -0.2) is 0 Å². The number of anilines is 1. The summed E-state index contributed by atoms with van der Waals surface area (Å²) in [7, 11) is 0. The first-order valence-electron chi connectivity index (χ1n) is 3.47. The van der Waals surface area contributed by atoms with Crippen LogP contribution >= 0.6 is 11.8 Å². The highest BCUT2D eigenvalue weighted by atomic mass is 32.2. The molecule has 64 valence electrons. The number of thioether (sulfide) groups is 1. The van der Waals surface area contributed by atoms with Gasteiger partial charge in [0.05, 0.1) is 11.3 Å². The minimum absolute atomic E-state index is 0.0353. The third kappa shape index (κ3) is 1.98. The van der Waals surface area contributed by atoms with Crippen molar-refractivity contribution >= 4 is 23.2 Å². The van der Waals surface area contributed by atoms with Gasteiger partial charge < -0.3 is 5.73 Å². The van der Waals surface area contributed by atoms with Crippen molar-refractivity contribution in [1.29, 1.82) is 0 Å². The van der Waals surface area contributed by atoms with E-state index in [0.29, 0.717) is 17.0 Å². The molecule has 0 saturated heterocycles. The van der Waals surface area contributed by atoms with Crippen molar-refractivity contribution in [3.05, 3.63) is 24.0 Å². The molecule has 12 heavy (non-hydrogen) atoms. The van der Waals surface area contributed by atoms with Crippen LogP contribution in [0.1, 0.15) is 10.4 Å². The molecule has 0 fully saturated rings. The molecule has 1 aromatic heterocycles. The zero-order valence-corrected chi connectivity index (χ0v) is 7.60. The molecule has 0 saturated carbocycles. The molecule has 0 spiro atoms. The zero-order chi connectivity index (χ0) is 8.97. The minimum Gasteiger partial charge on any atom is -0.398 e. The van der Waals surface area contributed by atoms with Crippen molar-refractivity contribution in [2.24, 2.45) is 0 Å². The number of rotatable bonds is 3. The number of nitrogens with two attached hydrogens (primary N) is 1. The predicted octanol–water partition coefficient (Wildman–Crippen LogP) is 1.21. The van der Waals surface area contributed by atoms with Crippen LogP contribution < -0.4 is 5.73 Å². The molecule has 2 N–H and O–H groups in total. The third-order valence-corrected chi connectivity index (χ3v) is 1.98. The van der Waals surface area contributed by atoms with E-state index in [2.05, 4.69) is 4.98 Å². The third-order valence-electron chi connectivity index (χ3n) is 1.43. The first-order chi connectivity index (χ1) is 5.75. The molecule has 1 aromatic rings. The Bertz CT molecular complexity index is 288. The molecule has 0 bridgehead atoms. The lowest BCUT2D eigenvalue weighted by atomic mass is 10.2. The van der Waals surface area contributed by atoms with Crippen molar-refractivity contribution in [3.8, 4) is 0 Å². The van der Waals surface area contributed by atoms with Crippen molar-refractivity contribution in [1.82, 2.24) is 4.98 Å². The van der Waals surface area contributed by atoms with Gasteiger partial charge in [0.15, 0.2) is 5.78 Å². The quantitative estimate of drug-likeness (QED) is 0.714. The number of hydrogen-bond acceptors (Lipinski definition) is 4. The van der Waals surface area contributed by atoms with Gasteiger partial charge in [-0.1, -0.05) is 0 Å². The van der Waals surface area contributed by atoms with Crippen molar-refractivity contribution in [2.45, 2.75) is 0 Å². The van der Waals surface area contributed by atoms with E-state index in [1.54, 1.807) is 12.3 Å². The zero-order valence-electron chi connectivity index (χ0n) is 6.78. The lowest BCUT2D eigenvalue weighted by Gasteiger charge is -2.00. The van der Waals surface area contributed by atoms with E-state index < -0.39 is 0 Å². The van der Waals surface area contributed by atoms with E-state index in [1.165, 1.54) is 18.0 Å². The molecule has 1 heterocycles. The highest BCUT2D eigenvalue weighted by Crippen LogP contribution is 2.11. The summed E-state index contributed by atoms with van der Waals surface area (Å²) in [5, 5.41) is 0. The van der Waals surface area contributed by atoms with E-state index >= 15 is 0 Å². The Labute approximate surface area is 75.4 Å². The Morgan fingerprint density at radius 2 is 2.50 bits per heavy atom. The maximum atomic E-state index is 11.3. The summed E-state index contributed by atoms with van der Waals surface area (Å²) in [5.41, 5.74) is 6.61. The molecule has 0 aliphatic rings. The summed E-state index contributed by atoms with van der Waals surface area (Å²) in [6.45, 7) is 0. The van der Waals surface area contributed by atoms with Crippen LogP contribution in [0.4, 0.5) is 5.69 Å². The van der Waals surface area contributed by atoms with E-state index in [4.69, 9.17) is 5.73 Å². The second kappa shape index (κ2) is 4.11. The van der Waals surface area contributed by atoms with Gasteiger partial charge in [0, 0.05) is 18.1 Å². The maximum absolute atomic E-state index is 11.3.